The van der Waals surface area contributed by atoms with E-state index in [9.17, 15) is 4.79 Å². The SMILES string of the molecule is CCN(CC)c1ccc(C2N(c3ccccc3)CC(=O)N2c2ccccc2)cc1. The van der Waals surface area contributed by atoms with Gasteiger partial charge >= 0.3 is 0 Å². The molecule has 1 unspecified atom stereocenters. The molecule has 1 atom stereocenters. The van der Waals surface area contributed by atoms with Crippen LogP contribution in [-0.2, 0) is 4.79 Å². The second-order valence-electron chi connectivity index (χ2n) is 7.20. The van der Waals surface area contributed by atoms with Gasteiger partial charge in [-0.2, -0.15) is 0 Å². The van der Waals surface area contributed by atoms with Crippen molar-refractivity contribution in [2.75, 3.05) is 34.3 Å². The smallest absolute Gasteiger partial charge is 0.248 e. The number of amides is 1. The van der Waals surface area contributed by atoms with Crippen molar-refractivity contribution in [3.8, 4) is 0 Å². The third-order valence-corrected chi connectivity index (χ3v) is 5.56. The van der Waals surface area contributed by atoms with Gasteiger partial charge < -0.3 is 9.80 Å². The van der Waals surface area contributed by atoms with Crippen molar-refractivity contribution in [1.82, 2.24) is 0 Å². The van der Waals surface area contributed by atoms with Crippen LogP contribution in [0.3, 0.4) is 0 Å². The molecule has 4 rings (SSSR count). The zero-order chi connectivity index (χ0) is 20.2. The molecular formula is C25H27N3O. The number of para-hydroxylation sites is 2. The van der Waals surface area contributed by atoms with Gasteiger partial charge in [-0.15, -0.1) is 0 Å². The molecule has 0 saturated carbocycles. The standard InChI is InChI=1S/C25H27N3O/c1-3-26(4-2)21-17-15-20(16-18-21)25-27(22-11-7-5-8-12-22)19-24(29)28(25)23-13-9-6-10-14-23/h5-18,25H,3-4,19H2,1-2H3. The van der Waals surface area contributed by atoms with E-state index in [1.54, 1.807) is 0 Å². The number of anilines is 3. The molecule has 148 valence electrons. The van der Waals surface area contributed by atoms with E-state index in [0.29, 0.717) is 6.54 Å². The molecule has 4 nitrogen and oxygen atoms in total. The Morgan fingerprint density at radius 2 is 1.34 bits per heavy atom. The Morgan fingerprint density at radius 1 is 0.793 bits per heavy atom. The number of carbonyl (C=O) groups excluding carboxylic acids is 1. The minimum absolute atomic E-state index is 0.109. The molecule has 0 radical (unpaired) electrons. The lowest BCUT2D eigenvalue weighted by atomic mass is 10.1. The molecule has 0 aromatic heterocycles. The first kappa shape index (κ1) is 19.1. The maximum atomic E-state index is 13.1. The molecule has 29 heavy (non-hydrogen) atoms. The van der Waals surface area contributed by atoms with Crippen molar-refractivity contribution in [2.45, 2.75) is 20.0 Å². The fraction of sp³-hybridized carbons (Fsp3) is 0.240. The second-order valence-corrected chi connectivity index (χ2v) is 7.20. The highest BCUT2D eigenvalue weighted by Gasteiger charge is 2.39. The Labute approximate surface area is 173 Å². The number of rotatable bonds is 6. The summed E-state index contributed by atoms with van der Waals surface area (Å²) in [6.45, 7) is 6.65. The first-order chi connectivity index (χ1) is 14.2. The van der Waals surface area contributed by atoms with Gasteiger partial charge in [0.25, 0.3) is 0 Å². The molecular weight excluding hydrogens is 358 g/mol. The summed E-state index contributed by atoms with van der Waals surface area (Å²) in [7, 11) is 0. The lowest BCUT2D eigenvalue weighted by Crippen LogP contribution is -2.32. The van der Waals surface area contributed by atoms with Crippen molar-refractivity contribution in [3.63, 3.8) is 0 Å². The molecule has 1 saturated heterocycles. The molecule has 1 aliphatic heterocycles. The van der Waals surface area contributed by atoms with Crippen LogP contribution in [0.4, 0.5) is 17.1 Å². The first-order valence-corrected chi connectivity index (χ1v) is 10.3. The molecule has 0 bridgehead atoms. The van der Waals surface area contributed by atoms with E-state index in [0.717, 1.165) is 30.0 Å². The Hall–Kier alpha value is -3.27. The van der Waals surface area contributed by atoms with Gasteiger partial charge in [0.05, 0.1) is 6.54 Å². The number of benzene rings is 3. The summed E-state index contributed by atoms with van der Waals surface area (Å²) < 4.78 is 0. The molecule has 4 heteroatoms. The zero-order valence-electron chi connectivity index (χ0n) is 17.0. The quantitative estimate of drug-likeness (QED) is 0.592. The normalized spacial score (nSPS) is 16.3. The summed E-state index contributed by atoms with van der Waals surface area (Å²) in [6.07, 6.45) is -0.168. The zero-order valence-corrected chi connectivity index (χ0v) is 17.0. The number of hydrogen-bond donors (Lipinski definition) is 0. The summed E-state index contributed by atoms with van der Waals surface area (Å²) in [4.78, 5) is 19.5. The molecule has 1 heterocycles. The predicted octanol–water partition coefficient (Wildman–Crippen LogP) is 5.08. The van der Waals surface area contributed by atoms with Crippen molar-refractivity contribution in [1.29, 1.82) is 0 Å². The van der Waals surface area contributed by atoms with Gasteiger partial charge in [-0.05, 0) is 55.8 Å². The summed E-state index contributed by atoms with van der Waals surface area (Å²) in [5.41, 5.74) is 4.30. The third kappa shape index (κ3) is 3.70. The van der Waals surface area contributed by atoms with Gasteiger partial charge in [-0.1, -0.05) is 48.5 Å². The first-order valence-electron chi connectivity index (χ1n) is 10.3. The van der Waals surface area contributed by atoms with Crippen molar-refractivity contribution < 1.29 is 4.79 Å². The maximum absolute atomic E-state index is 13.1. The highest BCUT2D eigenvalue weighted by Crippen LogP contribution is 2.38. The van der Waals surface area contributed by atoms with E-state index < -0.39 is 0 Å². The summed E-state index contributed by atoms with van der Waals surface area (Å²) in [5.74, 6) is 0.109. The van der Waals surface area contributed by atoms with Crippen molar-refractivity contribution >= 4 is 23.0 Å². The molecule has 1 aliphatic rings. The summed E-state index contributed by atoms with van der Waals surface area (Å²) >= 11 is 0. The van der Waals surface area contributed by atoms with Gasteiger partial charge in [0.1, 0.15) is 6.17 Å². The Balaban J connectivity index is 1.76. The Kier molecular flexibility index (Phi) is 5.52. The van der Waals surface area contributed by atoms with E-state index in [4.69, 9.17) is 0 Å². The Bertz CT molecular complexity index is 937. The highest BCUT2D eigenvalue weighted by atomic mass is 16.2. The fourth-order valence-corrected chi connectivity index (χ4v) is 4.08. The second kappa shape index (κ2) is 8.39. The minimum atomic E-state index is -0.168. The fourth-order valence-electron chi connectivity index (χ4n) is 4.08. The lowest BCUT2D eigenvalue weighted by molar-refractivity contribution is -0.116. The van der Waals surface area contributed by atoms with Gasteiger partial charge in [0, 0.05) is 30.2 Å². The van der Waals surface area contributed by atoms with Gasteiger partial charge in [-0.3, -0.25) is 9.69 Å². The van der Waals surface area contributed by atoms with E-state index in [1.807, 2.05) is 53.4 Å². The third-order valence-electron chi connectivity index (χ3n) is 5.56. The molecule has 0 aliphatic carbocycles. The van der Waals surface area contributed by atoms with Crippen LogP contribution in [0.25, 0.3) is 0 Å². The highest BCUT2D eigenvalue weighted by molar-refractivity contribution is 6.01. The molecule has 3 aromatic rings. The molecule has 1 fully saturated rings. The van der Waals surface area contributed by atoms with Crippen molar-refractivity contribution in [2.24, 2.45) is 0 Å². The van der Waals surface area contributed by atoms with Gasteiger partial charge in [-0.25, -0.2) is 0 Å². The van der Waals surface area contributed by atoms with Crippen LogP contribution >= 0.6 is 0 Å². The van der Waals surface area contributed by atoms with Crippen LogP contribution < -0.4 is 14.7 Å². The van der Waals surface area contributed by atoms with Crippen LogP contribution in [0.1, 0.15) is 25.6 Å². The van der Waals surface area contributed by atoms with Gasteiger partial charge in [0.15, 0.2) is 0 Å². The van der Waals surface area contributed by atoms with E-state index >= 15 is 0 Å². The summed E-state index contributed by atoms with van der Waals surface area (Å²) in [6, 6.07) is 28.8. The molecule has 0 spiro atoms. The predicted molar refractivity (Wildman–Crippen MR) is 120 cm³/mol. The van der Waals surface area contributed by atoms with Crippen LogP contribution in [0.5, 0.6) is 0 Å². The van der Waals surface area contributed by atoms with E-state index in [-0.39, 0.29) is 12.1 Å². The largest absolute Gasteiger partial charge is 0.372 e. The molecule has 0 N–H and O–H groups in total. The average Bonchev–Trinajstić information content (AvgIpc) is 3.13. The minimum Gasteiger partial charge on any atom is -0.372 e. The van der Waals surface area contributed by atoms with Crippen LogP contribution in [0, 0.1) is 0 Å². The monoisotopic (exact) mass is 385 g/mol. The van der Waals surface area contributed by atoms with Gasteiger partial charge in [0.2, 0.25) is 5.91 Å². The number of carbonyl (C=O) groups is 1. The maximum Gasteiger partial charge on any atom is 0.248 e. The Morgan fingerprint density at radius 3 is 1.90 bits per heavy atom. The van der Waals surface area contributed by atoms with Crippen LogP contribution in [0.2, 0.25) is 0 Å². The van der Waals surface area contributed by atoms with Crippen LogP contribution in [-0.4, -0.2) is 25.5 Å². The topological polar surface area (TPSA) is 26.8 Å². The number of hydrogen-bond acceptors (Lipinski definition) is 3. The van der Waals surface area contributed by atoms with Crippen LogP contribution in [0.15, 0.2) is 84.9 Å². The average molecular weight is 386 g/mol. The summed E-state index contributed by atoms with van der Waals surface area (Å²) in [5, 5.41) is 0. The van der Waals surface area contributed by atoms with Crippen molar-refractivity contribution in [3.05, 3.63) is 90.5 Å². The molecule has 1 amide bonds. The van der Waals surface area contributed by atoms with E-state index in [2.05, 4.69) is 60.0 Å². The van der Waals surface area contributed by atoms with E-state index in [1.165, 1.54) is 5.69 Å². The molecule has 3 aromatic carbocycles. The lowest BCUT2D eigenvalue weighted by Gasteiger charge is -2.32. The number of nitrogens with zero attached hydrogens (tertiary/aromatic N) is 3.